The molecule has 2 rings (SSSR count). The third-order valence-corrected chi connectivity index (χ3v) is 2.53. The van der Waals surface area contributed by atoms with Gasteiger partial charge in [-0.3, -0.25) is 0 Å². The molecule has 2 aromatic rings. The van der Waals surface area contributed by atoms with Crippen molar-refractivity contribution in [1.29, 1.82) is 0 Å². The van der Waals surface area contributed by atoms with Crippen molar-refractivity contribution in [2.24, 2.45) is 5.73 Å². The zero-order valence-corrected chi connectivity index (χ0v) is 10.3. The fraction of sp³-hybridized carbons (Fsp3) is 0.300. The van der Waals surface area contributed by atoms with Crippen molar-refractivity contribution in [3.8, 4) is 5.75 Å². The Morgan fingerprint density at radius 2 is 2.27 bits per heavy atom. The molecule has 0 radical (unpaired) electrons. The minimum atomic E-state index is 0.658. The molecule has 2 aromatic heterocycles. The molecule has 4 nitrogen and oxygen atoms in total. The van der Waals surface area contributed by atoms with Crippen LogP contribution in [-0.4, -0.2) is 22.5 Å². The van der Waals surface area contributed by atoms with Gasteiger partial charge in [-0.2, -0.15) is 0 Å². The van der Waals surface area contributed by atoms with Crippen molar-refractivity contribution >= 4 is 28.2 Å². The Balaban J connectivity index is 2.15. The highest BCUT2D eigenvalue weighted by Crippen LogP contribution is 2.14. The van der Waals surface area contributed by atoms with Crippen LogP contribution >= 0.6 is 22.6 Å². The molecule has 80 valence electrons. The summed E-state index contributed by atoms with van der Waals surface area (Å²) in [5.74, 6) is 0.852. The summed E-state index contributed by atoms with van der Waals surface area (Å²) in [5.41, 5.74) is 6.33. The van der Waals surface area contributed by atoms with Crippen LogP contribution in [0.5, 0.6) is 5.75 Å². The van der Waals surface area contributed by atoms with E-state index in [-0.39, 0.29) is 0 Å². The van der Waals surface area contributed by atoms with Gasteiger partial charge in [-0.25, -0.2) is 4.98 Å². The van der Waals surface area contributed by atoms with Crippen LogP contribution in [0, 0.1) is 3.70 Å². The summed E-state index contributed by atoms with van der Waals surface area (Å²) < 4.78 is 8.47. The first-order valence-electron chi connectivity index (χ1n) is 4.77. The van der Waals surface area contributed by atoms with Crippen LogP contribution in [-0.2, 0) is 0 Å². The summed E-state index contributed by atoms with van der Waals surface area (Å²) in [4.78, 5) is 4.32. The lowest BCUT2D eigenvalue weighted by Gasteiger charge is -2.04. The molecule has 0 saturated carbocycles. The van der Waals surface area contributed by atoms with Crippen LogP contribution in [0.4, 0.5) is 0 Å². The number of nitrogens with two attached hydrogens (primary N) is 1. The number of hydrogen-bond acceptors (Lipinski definition) is 3. The molecule has 0 unspecified atom stereocenters. The van der Waals surface area contributed by atoms with E-state index in [2.05, 4.69) is 27.6 Å². The molecule has 0 amide bonds. The molecule has 2 heterocycles. The molecule has 15 heavy (non-hydrogen) atoms. The number of halogens is 1. The highest BCUT2D eigenvalue weighted by atomic mass is 127. The van der Waals surface area contributed by atoms with Crippen molar-refractivity contribution in [1.82, 2.24) is 9.38 Å². The van der Waals surface area contributed by atoms with Crippen molar-refractivity contribution in [2.75, 3.05) is 13.2 Å². The number of aromatic nitrogens is 2. The largest absolute Gasteiger partial charge is 0.492 e. The molecule has 2 N–H and O–H groups in total. The predicted octanol–water partition coefficient (Wildman–Crippen LogP) is 1.67. The van der Waals surface area contributed by atoms with Gasteiger partial charge in [-0.15, -0.1) is 0 Å². The fourth-order valence-corrected chi connectivity index (χ4v) is 1.85. The third-order valence-electron chi connectivity index (χ3n) is 2.01. The van der Waals surface area contributed by atoms with E-state index in [1.165, 1.54) is 0 Å². The zero-order valence-electron chi connectivity index (χ0n) is 8.19. The van der Waals surface area contributed by atoms with E-state index in [1.807, 2.05) is 28.9 Å². The minimum absolute atomic E-state index is 0.658. The molecule has 0 aliphatic rings. The minimum Gasteiger partial charge on any atom is -0.492 e. The van der Waals surface area contributed by atoms with E-state index in [4.69, 9.17) is 10.5 Å². The summed E-state index contributed by atoms with van der Waals surface area (Å²) in [7, 11) is 0. The Hall–Kier alpha value is -0.820. The number of fused-ring (bicyclic) bond motifs is 1. The maximum atomic E-state index is 5.53. The molecular weight excluding hydrogens is 305 g/mol. The topological polar surface area (TPSA) is 52.5 Å². The van der Waals surface area contributed by atoms with E-state index in [1.54, 1.807) is 0 Å². The first-order chi connectivity index (χ1) is 7.29. The first kappa shape index (κ1) is 10.7. The van der Waals surface area contributed by atoms with Crippen LogP contribution in [0.1, 0.15) is 6.42 Å². The van der Waals surface area contributed by atoms with Gasteiger partial charge in [0.15, 0.2) is 0 Å². The summed E-state index contributed by atoms with van der Waals surface area (Å²) in [5, 5.41) is 0. The Kier molecular flexibility index (Phi) is 3.42. The summed E-state index contributed by atoms with van der Waals surface area (Å²) in [6.45, 7) is 1.32. The Labute approximate surface area is 102 Å². The Morgan fingerprint density at radius 3 is 3.07 bits per heavy atom. The Bertz CT molecular complexity index is 455. The molecule has 5 heteroatoms. The molecule has 0 spiro atoms. The molecule has 0 bridgehead atoms. The number of ether oxygens (including phenoxy) is 1. The van der Waals surface area contributed by atoms with Gasteiger partial charge in [0.2, 0.25) is 0 Å². The van der Waals surface area contributed by atoms with Gasteiger partial charge in [0.25, 0.3) is 0 Å². The summed E-state index contributed by atoms with van der Waals surface area (Å²) >= 11 is 2.19. The predicted molar refractivity (Wildman–Crippen MR) is 67.1 cm³/mol. The van der Waals surface area contributed by atoms with Crippen molar-refractivity contribution in [2.45, 2.75) is 6.42 Å². The molecule has 0 aliphatic heterocycles. The molecule has 0 fully saturated rings. The molecular formula is C10H12IN3O. The third kappa shape index (κ3) is 2.60. The van der Waals surface area contributed by atoms with Gasteiger partial charge in [0.05, 0.1) is 12.8 Å². The molecule has 0 atom stereocenters. The van der Waals surface area contributed by atoms with Crippen LogP contribution in [0.15, 0.2) is 24.5 Å². The van der Waals surface area contributed by atoms with Gasteiger partial charge >= 0.3 is 0 Å². The maximum Gasteiger partial charge on any atom is 0.138 e. The van der Waals surface area contributed by atoms with Crippen molar-refractivity contribution in [3.63, 3.8) is 0 Å². The lowest BCUT2D eigenvalue weighted by atomic mass is 10.4. The van der Waals surface area contributed by atoms with Crippen LogP contribution < -0.4 is 10.5 Å². The van der Waals surface area contributed by atoms with Crippen LogP contribution in [0.3, 0.4) is 0 Å². The molecule has 0 aliphatic carbocycles. The van der Waals surface area contributed by atoms with E-state index in [9.17, 15) is 0 Å². The van der Waals surface area contributed by atoms with E-state index in [0.717, 1.165) is 21.5 Å². The smallest absolute Gasteiger partial charge is 0.138 e. The first-order valence-corrected chi connectivity index (χ1v) is 5.84. The Morgan fingerprint density at radius 1 is 1.40 bits per heavy atom. The standard InChI is InChI=1S/C10H12IN3O/c11-9-7-14-6-8(15-5-1-4-12)2-3-10(14)13-9/h2-3,6-7H,1,4-5,12H2. The monoisotopic (exact) mass is 317 g/mol. The highest BCUT2D eigenvalue weighted by molar-refractivity contribution is 14.1. The van der Waals surface area contributed by atoms with Gasteiger partial charge in [-0.05, 0) is 47.7 Å². The molecule has 0 aromatic carbocycles. The quantitative estimate of drug-likeness (QED) is 0.689. The second-order valence-corrected chi connectivity index (χ2v) is 4.29. The average molecular weight is 317 g/mol. The number of pyridine rings is 1. The second-order valence-electron chi connectivity index (χ2n) is 3.18. The van der Waals surface area contributed by atoms with Crippen molar-refractivity contribution < 1.29 is 4.74 Å². The van der Waals surface area contributed by atoms with E-state index >= 15 is 0 Å². The number of hydrogen-bond donors (Lipinski definition) is 1. The lowest BCUT2D eigenvalue weighted by Crippen LogP contribution is -2.06. The maximum absolute atomic E-state index is 5.53. The second kappa shape index (κ2) is 4.80. The number of rotatable bonds is 4. The van der Waals surface area contributed by atoms with Crippen LogP contribution in [0.2, 0.25) is 0 Å². The SMILES string of the molecule is NCCCOc1ccc2nc(I)cn2c1. The van der Waals surface area contributed by atoms with Gasteiger partial charge in [0.1, 0.15) is 15.1 Å². The van der Waals surface area contributed by atoms with Gasteiger partial charge in [-0.1, -0.05) is 0 Å². The average Bonchev–Trinajstić information content (AvgIpc) is 2.57. The van der Waals surface area contributed by atoms with Crippen LogP contribution in [0.25, 0.3) is 5.65 Å². The van der Waals surface area contributed by atoms with E-state index < -0.39 is 0 Å². The zero-order chi connectivity index (χ0) is 10.7. The summed E-state index contributed by atoms with van der Waals surface area (Å²) in [6, 6.07) is 3.87. The molecule has 0 saturated heterocycles. The normalized spacial score (nSPS) is 10.8. The lowest BCUT2D eigenvalue weighted by molar-refractivity contribution is 0.312. The van der Waals surface area contributed by atoms with E-state index in [0.29, 0.717) is 13.2 Å². The van der Waals surface area contributed by atoms with Crippen molar-refractivity contribution in [3.05, 3.63) is 28.2 Å². The fourth-order valence-electron chi connectivity index (χ4n) is 1.30. The summed E-state index contributed by atoms with van der Waals surface area (Å²) in [6.07, 6.45) is 4.77. The highest BCUT2D eigenvalue weighted by Gasteiger charge is 2.00. The number of imidazole rings is 1. The number of nitrogens with zero attached hydrogens (tertiary/aromatic N) is 2. The van der Waals surface area contributed by atoms with Gasteiger partial charge in [0, 0.05) is 6.20 Å². The van der Waals surface area contributed by atoms with Gasteiger partial charge < -0.3 is 14.9 Å².